The van der Waals surface area contributed by atoms with Crippen LogP contribution in [0.4, 0.5) is 31.0 Å². The number of rotatable bonds is 37. The number of aromatic nitrogens is 12. The molecule has 23 atom stereocenters. The molecule has 45 nitrogen and oxygen atoms in total. The molecule has 6 aromatic heterocycles. The van der Waals surface area contributed by atoms with Gasteiger partial charge in [-0.3, -0.25) is 71.0 Å². The highest BCUT2D eigenvalue weighted by Crippen LogP contribution is 2.53. The summed E-state index contributed by atoms with van der Waals surface area (Å²) in [7, 11) is -14.4. The molecule has 51 heteroatoms. The molecule has 3 fully saturated rings. The third-order valence-electron chi connectivity index (χ3n) is 19.5. The maximum Gasteiger partial charge on any atom is 0.459 e. The van der Waals surface area contributed by atoms with Gasteiger partial charge in [0.2, 0.25) is 17.8 Å². The van der Waals surface area contributed by atoms with Crippen molar-refractivity contribution in [3.63, 3.8) is 0 Å². The van der Waals surface area contributed by atoms with Crippen molar-refractivity contribution in [2.75, 3.05) is 36.4 Å². The molecule has 0 radical (unpaired) electrons. The number of halogens is 3. The normalized spacial score (nSPS) is 26.5. The van der Waals surface area contributed by atoms with E-state index in [2.05, 4.69) is 70.8 Å². The molecular formula is C70H91F3N21O24P3. The molecule has 3 aliphatic heterocycles. The van der Waals surface area contributed by atoms with Gasteiger partial charge >= 0.3 is 41.1 Å². The summed E-state index contributed by atoms with van der Waals surface area (Å²) in [6.07, 6.45) is -20.9. The molecule has 656 valence electrons. The van der Waals surface area contributed by atoms with Crippen molar-refractivity contribution >= 4 is 92.5 Å². The van der Waals surface area contributed by atoms with Gasteiger partial charge in [0, 0.05) is 0 Å². The number of aliphatic hydroxyl groups excluding tert-OH is 3. The Kier molecular flexibility index (Phi) is 26.8. The van der Waals surface area contributed by atoms with Gasteiger partial charge < -0.3 is 90.9 Å². The average Bonchev–Trinajstić information content (AvgIpc) is 1.59. The minimum absolute atomic E-state index is 0.0375. The Morgan fingerprint density at radius 2 is 0.752 bits per heavy atom. The molecule has 3 aliphatic rings. The van der Waals surface area contributed by atoms with E-state index < -0.39 is 211 Å². The maximum atomic E-state index is 15.7. The predicted octanol–water partition coefficient (Wildman–Crippen LogP) is 3.01. The summed E-state index contributed by atoms with van der Waals surface area (Å²) >= 11 is 0. The van der Waals surface area contributed by atoms with Gasteiger partial charge in [-0.25, -0.2) is 41.8 Å². The molecule has 3 saturated heterocycles. The molecule has 9 aromatic rings. The zero-order valence-corrected chi connectivity index (χ0v) is 68.8. The number of aromatic amines is 3. The first-order chi connectivity index (χ1) is 57.1. The summed E-state index contributed by atoms with van der Waals surface area (Å²) in [4.78, 5) is 113. The van der Waals surface area contributed by atoms with E-state index in [-0.39, 0.29) is 62.6 Å². The van der Waals surface area contributed by atoms with Gasteiger partial charge in [0.15, 0.2) is 64.6 Å². The molecule has 9 heterocycles. The molecule has 0 bridgehead atoms. The van der Waals surface area contributed by atoms with E-state index in [4.69, 9.17) is 78.5 Å². The number of carbonyl (C=O) groups is 3. The molecule has 19 N–H and O–H groups in total. The highest BCUT2D eigenvalue weighted by Gasteiger charge is 2.61. The zero-order chi connectivity index (χ0) is 87.8. The number of aliphatic hydroxyl groups is 3. The average molecular weight is 1760 g/mol. The number of hydrogen-bond donors (Lipinski definition) is 15. The summed E-state index contributed by atoms with van der Waals surface area (Å²) < 4.78 is 164. The number of nitrogen functional groups attached to an aromatic ring is 1. The second-order valence-corrected chi connectivity index (χ2v) is 34.2. The van der Waals surface area contributed by atoms with E-state index in [9.17, 15) is 53.2 Å². The van der Waals surface area contributed by atoms with Crippen LogP contribution in [0.5, 0.6) is 17.2 Å². The van der Waals surface area contributed by atoms with Gasteiger partial charge in [0.1, 0.15) is 109 Å². The third-order valence-corrected chi connectivity index (χ3v) is 24.8. The lowest BCUT2D eigenvalue weighted by Gasteiger charge is -2.31. The summed E-state index contributed by atoms with van der Waals surface area (Å²) in [6, 6.07) is 18.2. The van der Waals surface area contributed by atoms with E-state index in [0.29, 0.717) is 0 Å². The molecule has 0 amide bonds. The van der Waals surface area contributed by atoms with Gasteiger partial charge in [-0.2, -0.15) is 30.2 Å². The first-order valence-corrected chi connectivity index (χ1v) is 42.1. The van der Waals surface area contributed by atoms with E-state index in [1.165, 1.54) is 116 Å². The Labute approximate surface area is 683 Å². The lowest BCUT2D eigenvalue weighted by atomic mass is 9.91. The number of nitrogens with two attached hydrogens (primary N) is 4. The summed E-state index contributed by atoms with van der Waals surface area (Å²) in [5, 5.41) is 48.2. The predicted molar refractivity (Wildman–Crippen MR) is 420 cm³/mol. The van der Waals surface area contributed by atoms with E-state index >= 15 is 17.7 Å². The van der Waals surface area contributed by atoms with Gasteiger partial charge in [-0.1, -0.05) is 54.6 Å². The number of H-pyrrole nitrogens is 3. The minimum Gasteiger partial charge on any atom is -0.462 e. The van der Waals surface area contributed by atoms with Crippen molar-refractivity contribution in [2.24, 2.45) is 17.2 Å². The summed E-state index contributed by atoms with van der Waals surface area (Å²) in [6.45, 7) is 9.02. The molecule has 12 rings (SSSR count). The third kappa shape index (κ3) is 19.1. The van der Waals surface area contributed by atoms with Crippen LogP contribution in [-0.4, -0.2) is 220 Å². The van der Waals surface area contributed by atoms with E-state index in [1.54, 1.807) is 44.2 Å². The number of fused-ring (bicyclic) bond motifs is 3. The SMILES string of the molecule is CC(C)OC(=O)[C@H](C)NP(=O)(Oc1ccccc1)O[C@@H](C)[C@H]1O[C@@H](n2cnc3c(=O)[nH]c(NC(C)OC(=O)[C@H](C)N[P@@](=O)(Oc4ccccc4)O[C@@H](C)[C@H]4O[C@@H](n5cnc6c(=O)[nH]c(NC(C)OC(=O)[C@H](C)N[P@](=O)(Oc7ccccc7)O[C@@H](C)[C@H]7O[C@@H](n8cnc9c(=O)[nH]c(N)nc98)[C@@](N)(CF)C7O)nc65)[C@@](N)(CF)C4O)nc32)[C@@](N)(CF)C1O. The number of ether oxygens (including phenoxy) is 6. The van der Waals surface area contributed by atoms with Crippen molar-refractivity contribution < 1.29 is 112 Å². The zero-order valence-electron chi connectivity index (χ0n) is 66.1. The fraction of sp³-hybridized carbons (Fsp3) is 0.486. The fourth-order valence-corrected chi connectivity index (χ4v) is 18.6. The Hall–Kier alpha value is -10.2. The summed E-state index contributed by atoms with van der Waals surface area (Å²) in [5.74, 6) is -4.27. The number of benzene rings is 3. The minimum atomic E-state index is -4.95. The smallest absolute Gasteiger partial charge is 0.459 e. The van der Waals surface area contributed by atoms with Crippen LogP contribution < -0.4 is 79.1 Å². The number of para-hydroxylation sites is 3. The first kappa shape index (κ1) is 90.0. The second kappa shape index (κ2) is 36.1. The van der Waals surface area contributed by atoms with E-state index in [0.717, 1.165) is 32.7 Å². The molecule has 6 unspecified atom stereocenters. The summed E-state index contributed by atoms with van der Waals surface area (Å²) in [5.41, 5.74) is 14.2. The number of nitrogens with one attached hydrogen (secondary N) is 8. The van der Waals surface area contributed by atoms with Crippen molar-refractivity contribution in [1.29, 1.82) is 0 Å². The highest BCUT2D eigenvalue weighted by atomic mass is 31.2. The molecule has 3 aromatic carbocycles. The Morgan fingerprint density at radius 3 is 1.04 bits per heavy atom. The van der Waals surface area contributed by atoms with Crippen molar-refractivity contribution in [2.45, 2.75) is 196 Å². The molecule has 0 spiro atoms. The highest BCUT2D eigenvalue weighted by molar-refractivity contribution is 7.52. The van der Waals surface area contributed by atoms with Crippen LogP contribution in [0.1, 0.15) is 87.9 Å². The monoisotopic (exact) mass is 1760 g/mol. The quantitative estimate of drug-likeness (QED) is 0.0115. The number of hydrogen-bond acceptors (Lipinski definition) is 36. The molecular weight excluding hydrogens is 1670 g/mol. The Morgan fingerprint density at radius 1 is 0.471 bits per heavy atom. The van der Waals surface area contributed by atoms with Crippen LogP contribution in [0.2, 0.25) is 0 Å². The van der Waals surface area contributed by atoms with Crippen molar-refractivity contribution in [1.82, 2.24) is 73.8 Å². The molecule has 0 aliphatic carbocycles. The molecule has 121 heavy (non-hydrogen) atoms. The topological polar surface area (TPSA) is 629 Å². The standard InChI is InChI=1S/C70H91F3N21O24P3/c1-32(2)107-59(101)33(3)89-119(104,116-41-20-14-11-15-21-41)113-37(7)48-51(96)69(76,27-72)63(111-48)93-30-79-45-54(93)84-66(87-57(45)99)82-40(10)109-61(103)35(5)91-121(106,118-43-24-18-13-19-25-43)115-38(8)49-52(97)70(77,28-73)64(112-49)94-31-80-46-55(94)85-67(88-58(46)100)81-39(9)108-60(102)34(4)90-120(105,117-42-22-16-12-17-23-42)114-36(6)47-50(95)68(75,26-71)62(110-47)92-29-78-44-53(92)83-65(74)86-56(44)98/h11-25,29-40,47-52,62-64,95-97H,26-28,75-77H2,1-10H3,(H,89,104)(H,90,105)(H,91,106)(H3,74,83,86,98)(H2,81,85,88,100)(H2,82,84,87,99)/t33-,34-,35-,36-,37-,38-,39?,40?,47+,48+,49+,50?,51?,52?,62+,63+,64+,68+,69+,70+,119?,120+,121-/m0/s1. The largest absolute Gasteiger partial charge is 0.462 e. The second-order valence-electron chi connectivity index (χ2n) is 29.3. The van der Waals surface area contributed by atoms with Gasteiger partial charge in [0.05, 0.1) is 43.4 Å². The number of nitrogens with zero attached hydrogens (tertiary/aromatic N) is 9. The van der Waals surface area contributed by atoms with Gasteiger partial charge in [0.25, 0.3) is 16.7 Å². The number of alkyl halides is 3. The number of carbonyl (C=O) groups excluding carboxylic acids is 3. The lowest BCUT2D eigenvalue weighted by Crippen LogP contribution is -2.57. The van der Waals surface area contributed by atoms with Crippen LogP contribution in [0.25, 0.3) is 33.5 Å². The number of anilines is 3. The Balaban J connectivity index is 0.699. The van der Waals surface area contributed by atoms with Crippen LogP contribution in [0.15, 0.2) is 124 Å². The number of esters is 3. The van der Waals surface area contributed by atoms with Gasteiger partial charge in [-0.15, -0.1) is 0 Å². The first-order valence-electron chi connectivity index (χ1n) is 37.4. The van der Waals surface area contributed by atoms with E-state index in [1.807, 2.05) is 0 Å². The number of imidazole rings is 3. The fourth-order valence-electron chi connectivity index (χ4n) is 13.5. The Bertz CT molecular complexity index is 5560. The maximum absolute atomic E-state index is 15.7. The lowest BCUT2D eigenvalue weighted by molar-refractivity contribution is -0.149. The van der Waals surface area contributed by atoms with Crippen LogP contribution in [0, 0.1) is 0 Å². The van der Waals surface area contributed by atoms with Crippen LogP contribution >= 0.6 is 23.2 Å². The van der Waals surface area contributed by atoms with Crippen molar-refractivity contribution in [3.05, 3.63) is 141 Å². The van der Waals surface area contributed by atoms with Crippen LogP contribution in [0.3, 0.4) is 0 Å². The molecule has 0 saturated carbocycles. The van der Waals surface area contributed by atoms with Crippen molar-refractivity contribution in [3.8, 4) is 17.2 Å². The van der Waals surface area contributed by atoms with Gasteiger partial charge in [-0.05, 0) is 106 Å². The van der Waals surface area contributed by atoms with Crippen LogP contribution in [-0.2, 0) is 70.1 Å².